The molecule has 0 saturated heterocycles. The molecule has 0 radical (unpaired) electrons. The molecule has 3 N–H and O–H groups in total. The maximum Gasteiger partial charge on any atom is 0.00855 e. The van der Waals surface area contributed by atoms with Gasteiger partial charge in [-0.3, -0.25) is 5.84 Å². The summed E-state index contributed by atoms with van der Waals surface area (Å²) in [6.45, 7) is 6.62. The molecule has 0 aliphatic rings. The van der Waals surface area contributed by atoms with Crippen molar-refractivity contribution in [1.82, 2.24) is 5.43 Å². The van der Waals surface area contributed by atoms with E-state index in [1.165, 1.54) is 6.42 Å². The number of hydrogen-bond donors (Lipinski definition) is 2. The molecule has 2 nitrogen and oxygen atoms in total. The van der Waals surface area contributed by atoms with Crippen molar-refractivity contribution < 1.29 is 0 Å². The Balaban J connectivity index is 3.71. The minimum absolute atomic E-state index is 0.649. The van der Waals surface area contributed by atoms with Gasteiger partial charge >= 0.3 is 0 Å². The van der Waals surface area contributed by atoms with Gasteiger partial charge in [0.1, 0.15) is 0 Å². The molecule has 0 aliphatic heterocycles. The number of allylic oxidation sites excluding steroid dienone is 1. The van der Waals surface area contributed by atoms with Crippen LogP contribution in [0, 0.1) is 11.8 Å². The molecular weight excluding hydrogens is 124 g/mol. The van der Waals surface area contributed by atoms with Gasteiger partial charge in [0.25, 0.3) is 0 Å². The lowest BCUT2D eigenvalue weighted by Crippen LogP contribution is -2.14. The Bertz CT molecular complexity index is 97.4. The summed E-state index contributed by atoms with van der Waals surface area (Å²) in [7, 11) is 0. The summed E-state index contributed by atoms with van der Waals surface area (Å²) in [5.74, 6) is 6.45. The number of nitrogens with two attached hydrogens (primary N) is 1. The molecule has 0 spiro atoms. The molecule has 0 rings (SSSR count). The largest absolute Gasteiger partial charge is 0.332 e. The molecule has 0 bridgehead atoms. The first-order chi connectivity index (χ1) is 4.72. The van der Waals surface area contributed by atoms with Crippen molar-refractivity contribution in [3.63, 3.8) is 0 Å². The van der Waals surface area contributed by atoms with Crippen LogP contribution in [0.1, 0.15) is 27.2 Å². The Morgan fingerprint density at radius 1 is 1.50 bits per heavy atom. The fourth-order valence-electron chi connectivity index (χ4n) is 1.01. The van der Waals surface area contributed by atoms with Crippen LogP contribution in [0.4, 0.5) is 0 Å². The van der Waals surface area contributed by atoms with E-state index in [0.717, 1.165) is 0 Å². The van der Waals surface area contributed by atoms with E-state index in [9.17, 15) is 0 Å². The predicted octanol–water partition coefficient (Wildman–Crippen LogP) is 1.65. The lowest BCUT2D eigenvalue weighted by Gasteiger charge is -2.13. The number of nitrogens with one attached hydrogen (secondary N) is 1. The summed E-state index contributed by atoms with van der Waals surface area (Å²) >= 11 is 0. The van der Waals surface area contributed by atoms with Crippen LogP contribution in [0.2, 0.25) is 0 Å². The van der Waals surface area contributed by atoms with Crippen LogP contribution in [0.3, 0.4) is 0 Å². The van der Waals surface area contributed by atoms with Gasteiger partial charge in [0.15, 0.2) is 0 Å². The fraction of sp³-hybridized carbons (Fsp3) is 0.750. The smallest absolute Gasteiger partial charge is 0.00855 e. The molecule has 1 atom stereocenters. The Morgan fingerprint density at radius 3 is 2.40 bits per heavy atom. The van der Waals surface area contributed by atoms with Gasteiger partial charge in [-0.25, -0.2) is 0 Å². The first-order valence-electron chi connectivity index (χ1n) is 3.85. The van der Waals surface area contributed by atoms with E-state index in [4.69, 9.17) is 5.84 Å². The Morgan fingerprint density at radius 2 is 2.10 bits per heavy atom. The van der Waals surface area contributed by atoms with Crippen LogP contribution >= 0.6 is 0 Å². The summed E-state index contributed by atoms with van der Waals surface area (Å²) in [6.07, 6.45) is 5.09. The van der Waals surface area contributed by atoms with Gasteiger partial charge in [-0.15, -0.1) is 0 Å². The quantitative estimate of drug-likeness (QED) is 0.462. The van der Waals surface area contributed by atoms with Crippen LogP contribution in [-0.4, -0.2) is 0 Å². The van der Waals surface area contributed by atoms with Crippen molar-refractivity contribution in [3.8, 4) is 0 Å². The van der Waals surface area contributed by atoms with Gasteiger partial charge in [0.05, 0.1) is 0 Å². The van der Waals surface area contributed by atoms with Crippen molar-refractivity contribution in [2.75, 3.05) is 0 Å². The highest BCUT2D eigenvalue weighted by molar-refractivity contribution is 4.86. The van der Waals surface area contributed by atoms with Crippen LogP contribution in [0.25, 0.3) is 0 Å². The zero-order valence-corrected chi connectivity index (χ0v) is 7.09. The molecule has 10 heavy (non-hydrogen) atoms. The molecule has 0 aromatic rings. The van der Waals surface area contributed by atoms with Crippen LogP contribution in [-0.2, 0) is 0 Å². The van der Waals surface area contributed by atoms with Gasteiger partial charge in [0.2, 0.25) is 0 Å². The van der Waals surface area contributed by atoms with Gasteiger partial charge in [-0.1, -0.05) is 26.8 Å². The van der Waals surface area contributed by atoms with E-state index >= 15 is 0 Å². The molecule has 2 heteroatoms. The second-order valence-corrected chi connectivity index (χ2v) is 2.84. The average molecular weight is 142 g/mol. The van der Waals surface area contributed by atoms with E-state index in [1.54, 1.807) is 6.20 Å². The molecule has 1 unspecified atom stereocenters. The molecule has 0 amide bonds. The van der Waals surface area contributed by atoms with Gasteiger partial charge in [-0.2, -0.15) is 0 Å². The normalized spacial score (nSPS) is 14.5. The highest BCUT2D eigenvalue weighted by Gasteiger charge is 2.05. The maximum atomic E-state index is 5.09. The van der Waals surface area contributed by atoms with E-state index in [1.807, 2.05) is 0 Å². The van der Waals surface area contributed by atoms with Gasteiger partial charge < -0.3 is 5.43 Å². The zero-order chi connectivity index (χ0) is 7.98. The number of rotatable bonds is 4. The second-order valence-electron chi connectivity index (χ2n) is 2.84. The monoisotopic (exact) mass is 142 g/mol. The Kier molecular flexibility index (Phi) is 5.03. The molecule has 0 aliphatic carbocycles. The lowest BCUT2D eigenvalue weighted by atomic mass is 9.93. The maximum absolute atomic E-state index is 5.09. The third-order valence-electron chi connectivity index (χ3n) is 1.77. The fourth-order valence-corrected chi connectivity index (χ4v) is 1.01. The van der Waals surface area contributed by atoms with Crippen LogP contribution in [0.15, 0.2) is 12.3 Å². The Labute approximate surface area is 63.5 Å². The van der Waals surface area contributed by atoms with Crippen molar-refractivity contribution in [2.24, 2.45) is 17.7 Å². The summed E-state index contributed by atoms with van der Waals surface area (Å²) in [4.78, 5) is 0. The molecule has 0 heterocycles. The molecule has 0 saturated carbocycles. The van der Waals surface area contributed by atoms with Gasteiger partial charge in [-0.05, 0) is 18.3 Å². The van der Waals surface area contributed by atoms with E-state index in [0.29, 0.717) is 11.8 Å². The third-order valence-corrected chi connectivity index (χ3v) is 1.77. The zero-order valence-electron chi connectivity index (χ0n) is 7.09. The van der Waals surface area contributed by atoms with Crippen molar-refractivity contribution in [2.45, 2.75) is 27.2 Å². The van der Waals surface area contributed by atoms with Crippen molar-refractivity contribution in [1.29, 1.82) is 0 Å². The summed E-state index contributed by atoms with van der Waals surface area (Å²) < 4.78 is 0. The molecule has 0 aromatic carbocycles. The van der Waals surface area contributed by atoms with Crippen LogP contribution in [0.5, 0.6) is 0 Å². The van der Waals surface area contributed by atoms with E-state index in [2.05, 4.69) is 32.3 Å². The van der Waals surface area contributed by atoms with E-state index < -0.39 is 0 Å². The summed E-state index contributed by atoms with van der Waals surface area (Å²) in [5, 5.41) is 0. The van der Waals surface area contributed by atoms with Crippen molar-refractivity contribution in [3.05, 3.63) is 12.3 Å². The topological polar surface area (TPSA) is 38.0 Å². The minimum atomic E-state index is 0.649. The average Bonchev–Trinajstić information content (AvgIpc) is 1.89. The molecule has 0 fully saturated rings. The Hall–Kier alpha value is -0.500. The van der Waals surface area contributed by atoms with Crippen molar-refractivity contribution >= 4 is 0 Å². The number of hydrazine groups is 1. The summed E-state index contributed by atoms with van der Waals surface area (Å²) in [5.41, 5.74) is 2.51. The summed E-state index contributed by atoms with van der Waals surface area (Å²) in [6, 6.07) is 0. The first kappa shape index (κ1) is 9.50. The standard InChI is InChI=1S/C8H18N2/c1-4-8(7(2)3)5-6-10-9/h5-8,10H,4,9H2,1-3H3/b6-5-. The second kappa shape index (κ2) is 5.30. The van der Waals surface area contributed by atoms with Crippen LogP contribution < -0.4 is 11.3 Å². The third kappa shape index (κ3) is 3.51. The first-order valence-corrected chi connectivity index (χ1v) is 3.85. The highest BCUT2D eigenvalue weighted by Crippen LogP contribution is 2.15. The molecular formula is C8H18N2. The SMILES string of the molecule is CCC(/C=C\NN)C(C)C. The number of hydrogen-bond acceptors (Lipinski definition) is 2. The molecule has 60 valence electrons. The highest BCUT2D eigenvalue weighted by atomic mass is 15.2. The predicted molar refractivity (Wildman–Crippen MR) is 45.1 cm³/mol. The van der Waals surface area contributed by atoms with E-state index in [-0.39, 0.29) is 0 Å². The minimum Gasteiger partial charge on any atom is -0.332 e. The van der Waals surface area contributed by atoms with Gasteiger partial charge in [0, 0.05) is 6.20 Å². The lowest BCUT2D eigenvalue weighted by molar-refractivity contribution is 0.451. The molecule has 0 aromatic heterocycles.